The molecular formula is C14H17ClFNO. The van der Waals surface area contributed by atoms with Crippen molar-refractivity contribution in [3.05, 3.63) is 34.6 Å². The minimum absolute atomic E-state index is 0.0322. The van der Waals surface area contributed by atoms with Gasteiger partial charge in [0.1, 0.15) is 11.6 Å². The number of hydrogen-bond donors (Lipinski definition) is 1. The van der Waals surface area contributed by atoms with E-state index < -0.39 is 5.82 Å². The summed E-state index contributed by atoms with van der Waals surface area (Å²) in [4.78, 5) is 12.0. The largest absolute Gasteiger partial charge is 0.325 e. The summed E-state index contributed by atoms with van der Waals surface area (Å²) >= 11 is 5.90. The van der Waals surface area contributed by atoms with Gasteiger partial charge in [-0.1, -0.05) is 30.5 Å². The van der Waals surface area contributed by atoms with Crippen LogP contribution in [0.4, 0.5) is 4.39 Å². The van der Waals surface area contributed by atoms with Gasteiger partial charge < -0.3 is 5.73 Å². The highest BCUT2D eigenvalue weighted by molar-refractivity contribution is 6.31. The van der Waals surface area contributed by atoms with Gasteiger partial charge in [-0.3, -0.25) is 4.79 Å². The molecule has 0 spiro atoms. The van der Waals surface area contributed by atoms with E-state index in [1.165, 1.54) is 12.1 Å². The smallest absolute Gasteiger partial charge is 0.139 e. The molecule has 1 aliphatic rings. The van der Waals surface area contributed by atoms with Crippen molar-refractivity contribution in [1.82, 2.24) is 0 Å². The average Bonchev–Trinajstić information content (AvgIpc) is 2.70. The molecule has 0 saturated heterocycles. The van der Waals surface area contributed by atoms with Crippen LogP contribution in [0.2, 0.25) is 5.02 Å². The number of Topliss-reactive ketones (excluding diaryl/α,β-unsaturated/α-hetero) is 1. The zero-order valence-electron chi connectivity index (χ0n) is 10.2. The van der Waals surface area contributed by atoms with Gasteiger partial charge in [-0.15, -0.1) is 0 Å². The summed E-state index contributed by atoms with van der Waals surface area (Å²) in [6, 6.07) is 4.45. The molecule has 0 heterocycles. The average molecular weight is 270 g/mol. The molecule has 2 N–H and O–H groups in total. The lowest BCUT2D eigenvalue weighted by atomic mass is 9.90. The van der Waals surface area contributed by atoms with Gasteiger partial charge in [0.2, 0.25) is 0 Å². The summed E-state index contributed by atoms with van der Waals surface area (Å²) in [5.74, 6) is -0.459. The Morgan fingerprint density at radius 1 is 1.39 bits per heavy atom. The van der Waals surface area contributed by atoms with Gasteiger partial charge in [0.15, 0.2) is 0 Å². The second-order valence-corrected chi connectivity index (χ2v) is 5.57. The molecule has 0 atom stereocenters. The molecule has 18 heavy (non-hydrogen) atoms. The molecule has 4 heteroatoms. The molecule has 98 valence electrons. The first-order valence-corrected chi connectivity index (χ1v) is 6.61. The summed E-state index contributed by atoms with van der Waals surface area (Å²) in [6.07, 6.45) is 4.25. The van der Waals surface area contributed by atoms with Gasteiger partial charge in [-0.25, -0.2) is 4.39 Å². The van der Waals surface area contributed by atoms with E-state index in [-0.39, 0.29) is 23.3 Å². The number of rotatable bonds is 4. The summed E-state index contributed by atoms with van der Waals surface area (Å²) in [7, 11) is 0. The summed E-state index contributed by atoms with van der Waals surface area (Å²) in [5, 5.41) is 0.306. The molecule has 0 amide bonds. The lowest BCUT2D eigenvalue weighted by Crippen LogP contribution is -2.39. The van der Waals surface area contributed by atoms with Crippen LogP contribution < -0.4 is 5.73 Å². The highest BCUT2D eigenvalue weighted by atomic mass is 35.5. The van der Waals surface area contributed by atoms with Crippen molar-refractivity contribution < 1.29 is 9.18 Å². The maximum absolute atomic E-state index is 13.6. The van der Waals surface area contributed by atoms with Gasteiger partial charge >= 0.3 is 0 Å². The van der Waals surface area contributed by atoms with Gasteiger partial charge in [-0.05, 0) is 25.0 Å². The van der Waals surface area contributed by atoms with Crippen LogP contribution >= 0.6 is 11.6 Å². The summed E-state index contributed by atoms with van der Waals surface area (Å²) in [5.41, 5.74) is 6.05. The highest BCUT2D eigenvalue weighted by Crippen LogP contribution is 2.31. The van der Waals surface area contributed by atoms with Crippen LogP contribution in [0, 0.1) is 5.82 Å². The lowest BCUT2D eigenvalue weighted by molar-refractivity contribution is -0.119. The molecular weight excluding hydrogens is 253 g/mol. The first-order chi connectivity index (χ1) is 8.50. The zero-order valence-corrected chi connectivity index (χ0v) is 11.0. The van der Waals surface area contributed by atoms with Crippen molar-refractivity contribution in [2.24, 2.45) is 5.73 Å². The number of carbonyl (C=O) groups excluding carboxylic acids is 1. The van der Waals surface area contributed by atoms with Crippen molar-refractivity contribution in [3.63, 3.8) is 0 Å². The third-order valence-corrected chi connectivity index (χ3v) is 3.94. The summed E-state index contributed by atoms with van der Waals surface area (Å²) in [6.45, 7) is 0. The Morgan fingerprint density at radius 2 is 2.06 bits per heavy atom. The second-order valence-electron chi connectivity index (χ2n) is 5.16. The topological polar surface area (TPSA) is 43.1 Å². The number of nitrogens with two attached hydrogens (primary N) is 1. The fourth-order valence-corrected chi connectivity index (χ4v) is 2.84. The molecule has 1 saturated carbocycles. The number of benzene rings is 1. The minimum Gasteiger partial charge on any atom is -0.325 e. The van der Waals surface area contributed by atoms with Crippen LogP contribution in [-0.4, -0.2) is 11.3 Å². The maximum Gasteiger partial charge on any atom is 0.139 e. The van der Waals surface area contributed by atoms with Crippen molar-refractivity contribution in [2.75, 3.05) is 0 Å². The van der Waals surface area contributed by atoms with Crippen LogP contribution in [0.25, 0.3) is 0 Å². The predicted molar refractivity (Wildman–Crippen MR) is 70.1 cm³/mol. The molecule has 1 aromatic rings. The Hall–Kier alpha value is -0.930. The molecule has 0 aromatic heterocycles. The fourth-order valence-electron chi connectivity index (χ4n) is 2.61. The van der Waals surface area contributed by atoms with Crippen molar-refractivity contribution in [3.8, 4) is 0 Å². The monoisotopic (exact) mass is 269 g/mol. The molecule has 1 aliphatic carbocycles. The van der Waals surface area contributed by atoms with E-state index in [2.05, 4.69) is 0 Å². The first kappa shape index (κ1) is 13.5. The normalized spacial score (nSPS) is 17.9. The van der Waals surface area contributed by atoms with Gasteiger partial charge in [0.05, 0.1) is 0 Å². The third-order valence-electron chi connectivity index (χ3n) is 3.58. The Labute approximate surface area is 111 Å². The van der Waals surface area contributed by atoms with E-state index in [0.717, 1.165) is 25.7 Å². The Balaban J connectivity index is 2.03. The Morgan fingerprint density at radius 3 is 2.67 bits per heavy atom. The zero-order chi connectivity index (χ0) is 13.2. The quantitative estimate of drug-likeness (QED) is 0.912. The fraction of sp³-hybridized carbons (Fsp3) is 0.500. The molecule has 2 rings (SSSR count). The number of carbonyl (C=O) groups is 1. The molecule has 0 aliphatic heterocycles. The van der Waals surface area contributed by atoms with E-state index >= 15 is 0 Å². The van der Waals surface area contributed by atoms with Crippen molar-refractivity contribution >= 4 is 17.4 Å². The van der Waals surface area contributed by atoms with Crippen LogP contribution in [0.1, 0.15) is 37.7 Å². The molecule has 0 radical (unpaired) electrons. The van der Waals surface area contributed by atoms with Gasteiger partial charge in [0.25, 0.3) is 0 Å². The van der Waals surface area contributed by atoms with E-state index in [1.54, 1.807) is 6.07 Å². The van der Waals surface area contributed by atoms with E-state index in [9.17, 15) is 9.18 Å². The Bertz CT molecular complexity index is 435. The predicted octanol–water partition coefficient (Wildman–Crippen LogP) is 3.25. The van der Waals surface area contributed by atoms with Crippen molar-refractivity contribution in [1.29, 1.82) is 0 Å². The van der Waals surface area contributed by atoms with Crippen molar-refractivity contribution in [2.45, 2.75) is 44.1 Å². The molecule has 0 unspecified atom stereocenters. The molecule has 2 nitrogen and oxygen atoms in total. The van der Waals surface area contributed by atoms with Crippen LogP contribution in [0.15, 0.2) is 18.2 Å². The van der Waals surface area contributed by atoms with E-state index in [4.69, 9.17) is 17.3 Å². The third kappa shape index (κ3) is 3.09. The van der Waals surface area contributed by atoms with Gasteiger partial charge in [-0.2, -0.15) is 0 Å². The highest BCUT2D eigenvalue weighted by Gasteiger charge is 2.31. The number of hydrogen-bond acceptors (Lipinski definition) is 2. The van der Waals surface area contributed by atoms with E-state index in [1.807, 2.05) is 0 Å². The van der Waals surface area contributed by atoms with Gasteiger partial charge in [0, 0.05) is 29.0 Å². The number of ketones is 1. The Kier molecular flexibility index (Phi) is 4.03. The van der Waals surface area contributed by atoms with E-state index in [0.29, 0.717) is 11.4 Å². The molecule has 0 bridgehead atoms. The maximum atomic E-state index is 13.6. The summed E-state index contributed by atoms with van der Waals surface area (Å²) < 4.78 is 13.6. The SMILES string of the molecule is NC1(CC(=O)Cc2c(F)cccc2Cl)CCCC1. The number of halogens is 2. The molecule has 1 aromatic carbocycles. The van der Waals surface area contributed by atoms with Crippen LogP contribution in [0.3, 0.4) is 0 Å². The minimum atomic E-state index is -0.423. The first-order valence-electron chi connectivity index (χ1n) is 6.24. The van der Waals surface area contributed by atoms with Crippen LogP contribution in [0.5, 0.6) is 0 Å². The standard InChI is InChI=1S/C14H17ClFNO/c15-12-4-3-5-13(16)11(12)8-10(18)9-14(17)6-1-2-7-14/h3-5H,1-2,6-9,17H2. The molecule has 1 fully saturated rings. The lowest BCUT2D eigenvalue weighted by Gasteiger charge is -2.22. The second kappa shape index (κ2) is 5.37. The van der Waals surface area contributed by atoms with Crippen LogP contribution in [-0.2, 0) is 11.2 Å².